The molecule has 4 nitrogen and oxygen atoms in total. The van der Waals surface area contributed by atoms with Gasteiger partial charge in [0.05, 0.1) is 12.0 Å². The Labute approximate surface area is 91.8 Å². The molecule has 1 fully saturated rings. The SMILES string of the molecule is COC(CNC(=O)C1CCNC1)C(C)C. The summed E-state index contributed by atoms with van der Waals surface area (Å²) in [6, 6.07) is 0. The van der Waals surface area contributed by atoms with Crippen LogP contribution in [0.1, 0.15) is 20.3 Å². The number of nitrogens with one attached hydrogen (secondary N) is 2. The molecule has 4 heteroatoms. The van der Waals surface area contributed by atoms with Gasteiger partial charge in [0.2, 0.25) is 5.91 Å². The average molecular weight is 214 g/mol. The van der Waals surface area contributed by atoms with E-state index in [0.29, 0.717) is 12.5 Å². The van der Waals surface area contributed by atoms with Gasteiger partial charge in [0.25, 0.3) is 0 Å². The summed E-state index contributed by atoms with van der Waals surface area (Å²) < 4.78 is 5.29. The normalized spacial score (nSPS) is 23.1. The lowest BCUT2D eigenvalue weighted by atomic mass is 10.1. The van der Waals surface area contributed by atoms with E-state index in [1.54, 1.807) is 7.11 Å². The van der Waals surface area contributed by atoms with Gasteiger partial charge in [-0.3, -0.25) is 4.79 Å². The quantitative estimate of drug-likeness (QED) is 0.696. The standard InChI is InChI=1S/C11H22N2O2/c1-8(2)10(15-3)7-13-11(14)9-4-5-12-6-9/h8-10,12H,4-7H2,1-3H3,(H,13,14). The van der Waals surface area contributed by atoms with Gasteiger partial charge in [0.1, 0.15) is 0 Å². The van der Waals surface area contributed by atoms with E-state index in [-0.39, 0.29) is 17.9 Å². The van der Waals surface area contributed by atoms with Crippen LogP contribution < -0.4 is 10.6 Å². The van der Waals surface area contributed by atoms with Crippen molar-refractivity contribution < 1.29 is 9.53 Å². The van der Waals surface area contributed by atoms with Gasteiger partial charge in [-0.25, -0.2) is 0 Å². The molecule has 1 aliphatic heterocycles. The minimum absolute atomic E-state index is 0.114. The highest BCUT2D eigenvalue weighted by molar-refractivity contribution is 5.79. The molecule has 0 aromatic rings. The van der Waals surface area contributed by atoms with Crippen molar-refractivity contribution in [2.24, 2.45) is 11.8 Å². The predicted octanol–water partition coefficient (Wildman–Crippen LogP) is 0.383. The van der Waals surface area contributed by atoms with E-state index in [2.05, 4.69) is 24.5 Å². The first-order chi connectivity index (χ1) is 7.15. The number of ether oxygens (including phenoxy) is 1. The maximum atomic E-state index is 11.7. The summed E-state index contributed by atoms with van der Waals surface area (Å²) in [5.74, 6) is 0.731. The number of rotatable bonds is 5. The van der Waals surface area contributed by atoms with Gasteiger partial charge in [-0.05, 0) is 18.9 Å². The van der Waals surface area contributed by atoms with Crippen LogP contribution in [0.5, 0.6) is 0 Å². The summed E-state index contributed by atoms with van der Waals surface area (Å²) in [5.41, 5.74) is 0. The van der Waals surface area contributed by atoms with E-state index >= 15 is 0 Å². The molecule has 1 saturated heterocycles. The third kappa shape index (κ3) is 3.80. The summed E-state index contributed by atoms with van der Waals surface area (Å²) in [5, 5.41) is 6.14. The molecule has 0 bridgehead atoms. The molecule has 0 aliphatic carbocycles. The maximum absolute atomic E-state index is 11.7. The molecule has 0 saturated carbocycles. The van der Waals surface area contributed by atoms with E-state index in [0.717, 1.165) is 19.5 Å². The summed E-state index contributed by atoms with van der Waals surface area (Å²) in [4.78, 5) is 11.7. The van der Waals surface area contributed by atoms with Crippen molar-refractivity contribution in [2.75, 3.05) is 26.7 Å². The number of amides is 1. The smallest absolute Gasteiger partial charge is 0.224 e. The number of methoxy groups -OCH3 is 1. The molecule has 0 aromatic heterocycles. The lowest BCUT2D eigenvalue weighted by molar-refractivity contribution is -0.125. The van der Waals surface area contributed by atoms with Crippen LogP contribution in [0.4, 0.5) is 0 Å². The van der Waals surface area contributed by atoms with Crippen molar-refractivity contribution in [3.63, 3.8) is 0 Å². The highest BCUT2D eigenvalue weighted by Gasteiger charge is 2.23. The zero-order valence-electron chi connectivity index (χ0n) is 9.88. The number of carbonyl (C=O) groups is 1. The van der Waals surface area contributed by atoms with E-state index < -0.39 is 0 Å². The van der Waals surface area contributed by atoms with Crippen LogP contribution in [0.2, 0.25) is 0 Å². The fourth-order valence-electron chi connectivity index (χ4n) is 1.82. The van der Waals surface area contributed by atoms with Gasteiger partial charge >= 0.3 is 0 Å². The Balaban J connectivity index is 2.25. The molecule has 0 aromatic carbocycles. The van der Waals surface area contributed by atoms with Crippen LogP contribution in [0, 0.1) is 11.8 Å². The Morgan fingerprint density at radius 1 is 1.60 bits per heavy atom. The largest absolute Gasteiger partial charge is 0.379 e. The monoisotopic (exact) mass is 214 g/mol. The van der Waals surface area contributed by atoms with Gasteiger partial charge in [-0.1, -0.05) is 13.8 Å². The van der Waals surface area contributed by atoms with Crippen molar-refractivity contribution in [3.8, 4) is 0 Å². The minimum atomic E-state index is 0.114. The van der Waals surface area contributed by atoms with Crippen LogP contribution >= 0.6 is 0 Å². The highest BCUT2D eigenvalue weighted by atomic mass is 16.5. The molecule has 0 radical (unpaired) electrons. The molecule has 1 amide bonds. The topological polar surface area (TPSA) is 50.4 Å². The Hall–Kier alpha value is -0.610. The van der Waals surface area contributed by atoms with Crippen molar-refractivity contribution in [1.82, 2.24) is 10.6 Å². The summed E-state index contributed by atoms with van der Waals surface area (Å²) in [6.07, 6.45) is 1.06. The fraction of sp³-hybridized carbons (Fsp3) is 0.909. The summed E-state index contributed by atoms with van der Waals surface area (Å²) in [7, 11) is 1.69. The van der Waals surface area contributed by atoms with Crippen molar-refractivity contribution in [1.29, 1.82) is 0 Å². The van der Waals surface area contributed by atoms with Crippen molar-refractivity contribution in [2.45, 2.75) is 26.4 Å². The van der Waals surface area contributed by atoms with Crippen molar-refractivity contribution >= 4 is 5.91 Å². The lowest BCUT2D eigenvalue weighted by Gasteiger charge is -2.20. The molecule has 1 aliphatic rings. The Kier molecular flexibility index (Phi) is 5.05. The van der Waals surface area contributed by atoms with E-state index in [9.17, 15) is 4.79 Å². The molecular formula is C11H22N2O2. The fourth-order valence-corrected chi connectivity index (χ4v) is 1.82. The summed E-state index contributed by atoms with van der Waals surface area (Å²) in [6.45, 7) is 6.57. The molecule has 0 spiro atoms. The Morgan fingerprint density at radius 2 is 2.33 bits per heavy atom. The molecule has 88 valence electrons. The zero-order valence-corrected chi connectivity index (χ0v) is 9.88. The van der Waals surface area contributed by atoms with Gasteiger partial charge in [-0.2, -0.15) is 0 Å². The van der Waals surface area contributed by atoms with E-state index in [4.69, 9.17) is 4.74 Å². The van der Waals surface area contributed by atoms with Crippen LogP contribution in [0.25, 0.3) is 0 Å². The van der Waals surface area contributed by atoms with Gasteiger partial charge in [-0.15, -0.1) is 0 Å². The molecule has 2 atom stereocenters. The van der Waals surface area contributed by atoms with Gasteiger partial charge < -0.3 is 15.4 Å². The zero-order chi connectivity index (χ0) is 11.3. The van der Waals surface area contributed by atoms with Gasteiger partial charge in [0.15, 0.2) is 0 Å². The van der Waals surface area contributed by atoms with Crippen LogP contribution in [-0.2, 0) is 9.53 Å². The van der Waals surface area contributed by atoms with E-state index in [1.165, 1.54) is 0 Å². The third-order valence-electron chi connectivity index (χ3n) is 2.95. The number of hydrogen-bond donors (Lipinski definition) is 2. The second-order valence-corrected chi connectivity index (χ2v) is 4.45. The van der Waals surface area contributed by atoms with Crippen LogP contribution in [0.15, 0.2) is 0 Å². The molecule has 1 rings (SSSR count). The van der Waals surface area contributed by atoms with Crippen molar-refractivity contribution in [3.05, 3.63) is 0 Å². The third-order valence-corrected chi connectivity index (χ3v) is 2.95. The predicted molar refractivity (Wildman–Crippen MR) is 59.6 cm³/mol. The second kappa shape index (κ2) is 6.08. The van der Waals surface area contributed by atoms with Crippen LogP contribution in [-0.4, -0.2) is 38.8 Å². The number of hydrogen-bond acceptors (Lipinski definition) is 3. The first kappa shape index (κ1) is 12.5. The summed E-state index contributed by atoms with van der Waals surface area (Å²) >= 11 is 0. The molecular weight excluding hydrogens is 192 g/mol. The molecule has 15 heavy (non-hydrogen) atoms. The molecule has 2 unspecified atom stereocenters. The first-order valence-corrected chi connectivity index (χ1v) is 5.66. The second-order valence-electron chi connectivity index (χ2n) is 4.45. The lowest BCUT2D eigenvalue weighted by Crippen LogP contribution is -2.39. The molecule has 1 heterocycles. The Morgan fingerprint density at radius 3 is 2.80 bits per heavy atom. The highest BCUT2D eigenvalue weighted by Crippen LogP contribution is 2.08. The van der Waals surface area contributed by atoms with E-state index in [1.807, 2.05) is 0 Å². The maximum Gasteiger partial charge on any atom is 0.224 e. The van der Waals surface area contributed by atoms with Gasteiger partial charge in [0, 0.05) is 20.2 Å². The minimum Gasteiger partial charge on any atom is -0.379 e. The first-order valence-electron chi connectivity index (χ1n) is 5.66. The average Bonchev–Trinajstić information content (AvgIpc) is 2.70. The Bertz CT molecular complexity index is 201. The number of carbonyl (C=O) groups excluding carboxylic acids is 1. The molecule has 2 N–H and O–H groups in total. The van der Waals surface area contributed by atoms with Crippen LogP contribution in [0.3, 0.4) is 0 Å².